The summed E-state index contributed by atoms with van der Waals surface area (Å²) in [5.74, 6) is 0.311. The molecule has 142 valence electrons. The summed E-state index contributed by atoms with van der Waals surface area (Å²) in [4.78, 5) is 24.8. The summed E-state index contributed by atoms with van der Waals surface area (Å²) in [7, 11) is 2.98. The van der Waals surface area contributed by atoms with Crippen LogP contribution in [-0.4, -0.2) is 39.2 Å². The average Bonchev–Trinajstić information content (AvgIpc) is 2.70. The van der Waals surface area contributed by atoms with E-state index in [0.29, 0.717) is 34.3 Å². The van der Waals surface area contributed by atoms with E-state index in [1.54, 1.807) is 36.4 Å². The maximum Gasteiger partial charge on any atom is 0.313 e. The molecule has 0 unspecified atom stereocenters. The fourth-order valence-corrected chi connectivity index (χ4v) is 3.07. The molecule has 1 aliphatic heterocycles. The molecule has 0 amide bonds. The lowest BCUT2D eigenvalue weighted by atomic mass is 9.97. The predicted molar refractivity (Wildman–Crippen MR) is 99.0 cm³/mol. The molecule has 0 aromatic heterocycles. The Morgan fingerprint density at radius 3 is 2.70 bits per heavy atom. The topological polar surface area (TPSA) is 71.1 Å². The Balaban J connectivity index is 1.62. The molecule has 0 saturated heterocycles. The highest BCUT2D eigenvalue weighted by Crippen LogP contribution is 2.30. The molecule has 1 heterocycles. The second-order valence-corrected chi connectivity index (χ2v) is 6.50. The summed E-state index contributed by atoms with van der Waals surface area (Å²) in [6.07, 6.45) is 0.453. The number of carbonyl (C=O) groups is 2. The maximum absolute atomic E-state index is 12.4. The van der Waals surface area contributed by atoms with Crippen molar-refractivity contribution in [1.29, 1.82) is 0 Å². The number of fused-ring (bicyclic) bond motifs is 1. The maximum atomic E-state index is 12.4. The van der Waals surface area contributed by atoms with Crippen LogP contribution < -0.4 is 14.2 Å². The van der Waals surface area contributed by atoms with Crippen LogP contribution in [0.4, 0.5) is 0 Å². The van der Waals surface area contributed by atoms with Gasteiger partial charge in [-0.1, -0.05) is 11.6 Å². The molecule has 0 radical (unpaired) electrons. The van der Waals surface area contributed by atoms with Crippen LogP contribution in [0.25, 0.3) is 0 Å². The molecule has 1 atom stereocenters. The molecule has 7 heteroatoms. The average molecular weight is 391 g/mol. The van der Waals surface area contributed by atoms with Crippen LogP contribution in [-0.2, 0) is 16.0 Å². The van der Waals surface area contributed by atoms with Gasteiger partial charge in [0.2, 0.25) is 5.78 Å². The number of hydrogen-bond acceptors (Lipinski definition) is 6. The van der Waals surface area contributed by atoms with Crippen molar-refractivity contribution in [2.45, 2.75) is 6.42 Å². The van der Waals surface area contributed by atoms with Crippen molar-refractivity contribution in [2.24, 2.45) is 5.92 Å². The second kappa shape index (κ2) is 8.31. The summed E-state index contributed by atoms with van der Waals surface area (Å²) in [5.41, 5.74) is 1.17. The number of halogens is 1. The minimum Gasteiger partial charge on any atom is -0.497 e. The van der Waals surface area contributed by atoms with Gasteiger partial charge < -0.3 is 18.9 Å². The first-order valence-electron chi connectivity index (χ1n) is 8.35. The molecular formula is C20H19ClO6. The van der Waals surface area contributed by atoms with Gasteiger partial charge in [-0.25, -0.2) is 0 Å². The predicted octanol–water partition coefficient (Wildman–Crippen LogP) is 3.33. The molecule has 0 spiro atoms. The first-order chi connectivity index (χ1) is 13.0. The molecule has 0 bridgehead atoms. The summed E-state index contributed by atoms with van der Waals surface area (Å²) in [6, 6.07) is 10.1. The lowest BCUT2D eigenvalue weighted by molar-refractivity contribution is -0.148. The Kier molecular flexibility index (Phi) is 5.86. The van der Waals surface area contributed by atoms with E-state index in [1.807, 2.05) is 0 Å². The van der Waals surface area contributed by atoms with E-state index in [-0.39, 0.29) is 19.0 Å². The standard InChI is InChI=1S/C20H19ClO6/c1-24-15-4-5-16(19(9-15)25-2)17(22)11-27-20(23)13-7-12-8-14(21)3-6-18(12)26-10-13/h3-6,8-9,13H,7,10-11H2,1-2H3/t13-/m0/s1. The summed E-state index contributed by atoms with van der Waals surface area (Å²) >= 11 is 5.99. The monoisotopic (exact) mass is 390 g/mol. The Morgan fingerprint density at radius 2 is 1.96 bits per heavy atom. The highest BCUT2D eigenvalue weighted by molar-refractivity contribution is 6.30. The van der Waals surface area contributed by atoms with Crippen LogP contribution in [0.1, 0.15) is 15.9 Å². The lowest BCUT2D eigenvalue weighted by Gasteiger charge is -2.24. The minimum absolute atomic E-state index is 0.202. The fourth-order valence-electron chi connectivity index (χ4n) is 2.88. The number of carbonyl (C=O) groups excluding carboxylic acids is 2. The number of hydrogen-bond donors (Lipinski definition) is 0. The first kappa shape index (κ1) is 19.0. The molecule has 2 aromatic rings. The Morgan fingerprint density at radius 1 is 1.15 bits per heavy atom. The van der Waals surface area contributed by atoms with Crippen LogP contribution in [0.2, 0.25) is 5.02 Å². The van der Waals surface area contributed by atoms with Crippen LogP contribution in [0, 0.1) is 5.92 Å². The van der Waals surface area contributed by atoms with E-state index >= 15 is 0 Å². The molecule has 1 aliphatic rings. The third kappa shape index (κ3) is 4.34. The van der Waals surface area contributed by atoms with E-state index in [4.69, 9.17) is 30.5 Å². The molecule has 2 aromatic carbocycles. The molecule has 6 nitrogen and oxygen atoms in total. The van der Waals surface area contributed by atoms with Crippen LogP contribution in [0.3, 0.4) is 0 Å². The molecule has 0 N–H and O–H groups in total. The molecule has 27 heavy (non-hydrogen) atoms. The van der Waals surface area contributed by atoms with Gasteiger partial charge in [0.05, 0.1) is 25.7 Å². The van der Waals surface area contributed by atoms with Gasteiger partial charge in [0.1, 0.15) is 23.9 Å². The minimum atomic E-state index is -0.485. The van der Waals surface area contributed by atoms with Crippen molar-refractivity contribution >= 4 is 23.4 Å². The molecule has 0 saturated carbocycles. The summed E-state index contributed by atoms with van der Waals surface area (Å²) in [5, 5.41) is 0.577. The normalized spacial score (nSPS) is 15.3. The summed E-state index contributed by atoms with van der Waals surface area (Å²) < 4.78 is 21.1. The van der Waals surface area contributed by atoms with Crippen molar-refractivity contribution < 1.29 is 28.5 Å². The second-order valence-electron chi connectivity index (χ2n) is 6.06. The van der Waals surface area contributed by atoms with E-state index in [1.165, 1.54) is 14.2 Å². The zero-order valence-electron chi connectivity index (χ0n) is 15.0. The van der Waals surface area contributed by atoms with Crippen molar-refractivity contribution in [3.05, 3.63) is 52.5 Å². The fraction of sp³-hybridized carbons (Fsp3) is 0.300. The number of ether oxygens (including phenoxy) is 4. The number of methoxy groups -OCH3 is 2. The third-order valence-corrected chi connectivity index (χ3v) is 4.55. The van der Waals surface area contributed by atoms with Gasteiger partial charge >= 0.3 is 5.97 Å². The number of benzene rings is 2. The molecule has 3 rings (SSSR count). The molecular weight excluding hydrogens is 372 g/mol. The molecule has 0 fully saturated rings. The highest BCUT2D eigenvalue weighted by Gasteiger charge is 2.28. The number of esters is 1. The third-order valence-electron chi connectivity index (χ3n) is 4.32. The van der Waals surface area contributed by atoms with E-state index in [2.05, 4.69) is 0 Å². The van der Waals surface area contributed by atoms with Crippen LogP contribution in [0.5, 0.6) is 17.2 Å². The first-order valence-corrected chi connectivity index (χ1v) is 8.72. The Bertz CT molecular complexity index is 864. The zero-order valence-corrected chi connectivity index (χ0v) is 15.7. The number of ketones is 1. The number of rotatable bonds is 6. The van der Waals surface area contributed by atoms with E-state index in [0.717, 1.165) is 5.56 Å². The highest BCUT2D eigenvalue weighted by atomic mass is 35.5. The van der Waals surface area contributed by atoms with Crippen molar-refractivity contribution in [3.8, 4) is 17.2 Å². The van der Waals surface area contributed by atoms with E-state index in [9.17, 15) is 9.59 Å². The van der Waals surface area contributed by atoms with Gasteiger partial charge in [-0.05, 0) is 42.3 Å². The van der Waals surface area contributed by atoms with Crippen LogP contribution in [0.15, 0.2) is 36.4 Å². The number of Topliss-reactive ketones (excluding diaryl/α,β-unsaturated/α-hetero) is 1. The SMILES string of the molecule is COc1ccc(C(=O)COC(=O)[C@@H]2COc3ccc(Cl)cc3C2)c(OC)c1. The lowest BCUT2D eigenvalue weighted by Crippen LogP contribution is -2.31. The van der Waals surface area contributed by atoms with Crippen molar-refractivity contribution in [2.75, 3.05) is 27.4 Å². The quantitative estimate of drug-likeness (QED) is 0.556. The zero-order chi connectivity index (χ0) is 19.4. The largest absolute Gasteiger partial charge is 0.497 e. The van der Waals surface area contributed by atoms with Crippen molar-refractivity contribution in [1.82, 2.24) is 0 Å². The molecule has 0 aliphatic carbocycles. The van der Waals surface area contributed by atoms with Gasteiger partial charge in [0.15, 0.2) is 6.61 Å². The smallest absolute Gasteiger partial charge is 0.313 e. The van der Waals surface area contributed by atoms with Gasteiger partial charge in [-0.2, -0.15) is 0 Å². The van der Waals surface area contributed by atoms with Gasteiger partial charge in [-0.15, -0.1) is 0 Å². The Hall–Kier alpha value is -2.73. The van der Waals surface area contributed by atoms with Crippen LogP contribution >= 0.6 is 11.6 Å². The van der Waals surface area contributed by atoms with Gasteiger partial charge in [-0.3, -0.25) is 9.59 Å². The Labute approximate surface area is 161 Å². The summed E-state index contributed by atoms with van der Waals surface area (Å²) in [6.45, 7) is -0.173. The van der Waals surface area contributed by atoms with E-state index < -0.39 is 11.9 Å². The van der Waals surface area contributed by atoms with Gasteiger partial charge in [0, 0.05) is 11.1 Å². The van der Waals surface area contributed by atoms with Gasteiger partial charge in [0.25, 0.3) is 0 Å². The van der Waals surface area contributed by atoms with Crippen molar-refractivity contribution in [3.63, 3.8) is 0 Å².